The van der Waals surface area contributed by atoms with Crippen molar-refractivity contribution in [3.8, 4) is 0 Å². The summed E-state index contributed by atoms with van der Waals surface area (Å²) in [5.74, 6) is -0.418. The van der Waals surface area contributed by atoms with Gasteiger partial charge in [0.1, 0.15) is 5.82 Å². The van der Waals surface area contributed by atoms with Gasteiger partial charge in [-0.3, -0.25) is 4.79 Å². The summed E-state index contributed by atoms with van der Waals surface area (Å²) >= 11 is 0. The Kier molecular flexibility index (Phi) is 2.38. The second-order valence-corrected chi connectivity index (χ2v) is 2.17. The molecule has 0 saturated heterocycles. The van der Waals surface area contributed by atoms with Crippen LogP contribution in [0.2, 0.25) is 0 Å². The topological polar surface area (TPSA) is 48.0 Å². The van der Waals surface area contributed by atoms with Crippen molar-refractivity contribution in [3.63, 3.8) is 0 Å². The SMILES string of the molecule is NCCn1cc(F)ccc1=O. The van der Waals surface area contributed by atoms with Crippen LogP contribution in [-0.2, 0) is 6.54 Å². The first-order valence-corrected chi connectivity index (χ1v) is 3.30. The largest absolute Gasteiger partial charge is 0.329 e. The van der Waals surface area contributed by atoms with E-state index in [2.05, 4.69) is 0 Å². The molecule has 1 rings (SSSR count). The highest BCUT2D eigenvalue weighted by Crippen LogP contribution is 1.90. The maximum atomic E-state index is 12.5. The van der Waals surface area contributed by atoms with Crippen LogP contribution in [0.1, 0.15) is 0 Å². The highest BCUT2D eigenvalue weighted by Gasteiger charge is 1.94. The number of hydrogen-bond acceptors (Lipinski definition) is 2. The number of rotatable bonds is 2. The van der Waals surface area contributed by atoms with E-state index in [0.717, 1.165) is 12.3 Å². The second-order valence-electron chi connectivity index (χ2n) is 2.17. The molecule has 1 aromatic rings. The molecule has 0 amide bonds. The summed E-state index contributed by atoms with van der Waals surface area (Å²) < 4.78 is 13.7. The third-order valence-electron chi connectivity index (χ3n) is 1.32. The van der Waals surface area contributed by atoms with E-state index < -0.39 is 5.82 Å². The molecule has 0 aliphatic heterocycles. The molecule has 0 saturated carbocycles. The summed E-state index contributed by atoms with van der Waals surface area (Å²) in [5.41, 5.74) is 4.97. The van der Waals surface area contributed by atoms with Crippen LogP contribution in [0, 0.1) is 5.82 Å². The van der Waals surface area contributed by atoms with Gasteiger partial charge in [-0.25, -0.2) is 4.39 Å². The third kappa shape index (κ3) is 1.88. The molecule has 0 aliphatic rings. The van der Waals surface area contributed by atoms with E-state index in [-0.39, 0.29) is 5.56 Å². The fourth-order valence-corrected chi connectivity index (χ4v) is 0.816. The Bertz CT molecular complexity index is 295. The van der Waals surface area contributed by atoms with Gasteiger partial charge >= 0.3 is 0 Å². The minimum absolute atomic E-state index is 0.225. The Morgan fingerprint density at radius 2 is 2.27 bits per heavy atom. The highest BCUT2D eigenvalue weighted by molar-refractivity contribution is 4.96. The van der Waals surface area contributed by atoms with Gasteiger partial charge < -0.3 is 10.3 Å². The number of pyridine rings is 1. The average molecular weight is 156 g/mol. The van der Waals surface area contributed by atoms with Crippen molar-refractivity contribution in [2.24, 2.45) is 5.73 Å². The van der Waals surface area contributed by atoms with Crippen LogP contribution in [0.5, 0.6) is 0 Å². The van der Waals surface area contributed by atoms with E-state index in [9.17, 15) is 9.18 Å². The van der Waals surface area contributed by atoms with Crippen molar-refractivity contribution >= 4 is 0 Å². The summed E-state index contributed by atoms with van der Waals surface area (Å²) in [6.45, 7) is 0.694. The Hall–Kier alpha value is -1.16. The standard InChI is InChI=1S/C7H9FN2O/c8-6-1-2-7(11)10(5-6)4-3-9/h1-2,5H,3-4,9H2. The molecule has 0 fully saturated rings. The van der Waals surface area contributed by atoms with Gasteiger partial charge in [0.05, 0.1) is 0 Å². The van der Waals surface area contributed by atoms with Crippen LogP contribution in [0.25, 0.3) is 0 Å². The lowest BCUT2D eigenvalue weighted by atomic mass is 10.4. The van der Waals surface area contributed by atoms with Gasteiger partial charge in [-0.15, -0.1) is 0 Å². The molecule has 2 N–H and O–H groups in total. The van der Waals surface area contributed by atoms with Crippen LogP contribution < -0.4 is 11.3 Å². The Morgan fingerprint density at radius 3 is 2.91 bits per heavy atom. The smallest absolute Gasteiger partial charge is 0.250 e. The first-order valence-electron chi connectivity index (χ1n) is 3.30. The van der Waals surface area contributed by atoms with Crippen LogP contribution in [0.3, 0.4) is 0 Å². The lowest BCUT2D eigenvalue weighted by Gasteiger charge is -2.01. The molecular weight excluding hydrogens is 147 g/mol. The van der Waals surface area contributed by atoms with E-state index in [1.807, 2.05) is 0 Å². The zero-order valence-electron chi connectivity index (χ0n) is 5.96. The molecule has 3 nitrogen and oxygen atoms in total. The monoisotopic (exact) mass is 156 g/mol. The normalized spacial score (nSPS) is 10.0. The zero-order chi connectivity index (χ0) is 8.27. The molecule has 1 heterocycles. The van der Waals surface area contributed by atoms with Gasteiger partial charge in [0, 0.05) is 25.4 Å². The van der Waals surface area contributed by atoms with Crippen molar-refractivity contribution in [2.45, 2.75) is 6.54 Å². The molecule has 1 aromatic heterocycles. The number of nitrogens with two attached hydrogens (primary N) is 1. The van der Waals surface area contributed by atoms with E-state index in [1.54, 1.807) is 0 Å². The van der Waals surface area contributed by atoms with Crippen LogP contribution in [0.15, 0.2) is 23.1 Å². The Labute approximate surface area is 63.3 Å². The van der Waals surface area contributed by atoms with Crippen LogP contribution in [0.4, 0.5) is 4.39 Å². The van der Waals surface area contributed by atoms with Crippen LogP contribution >= 0.6 is 0 Å². The quantitative estimate of drug-likeness (QED) is 0.652. The molecule has 4 heteroatoms. The minimum Gasteiger partial charge on any atom is -0.329 e. The molecule has 60 valence electrons. The molecule has 0 unspecified atom stereocenters. The first kappa shape index (κ1) is 7.94. The van der Waals surface area contributed by atoms with E-state index in [4.69, 9.17) is 5.73 Å². The van der Waals surface area contributed by atoms with Gasteiger partial charge in [0.25, 0.3) is 5.56 Å². The lowest BCUT2D eigenvalue weighted by molar-refractivity contribution is 0.583. The molecular formula is C7H9FN2O. The van der Waals surface area contributed by atoms with Crippen molar-refractivity contribution in [3.05, 3.63) is 34.5 Å². The maximum absolute atomic E-state index is 12.5. The van der Waals surface area contributed by atoms with Crippen molar-refractivity contribution in [2.75, 3.05) is 6.54 Å². The predicted octanol–water partition coefficient (Wildman–Crippen LogP) is -0.0539. The third-order valence-corrected chi connectivity index (χ3v) is 1.32. The molecule has 11 heavy (non-hydrogen) atoms. The number of hydrogen-bond donors (Lipinski definition) is 1. The molecule has 0 atom stereocenters. The van der Waals surface area contributed by atoms with E-state index in [1.165, 1.54) is 10.6 Å². The summed E-state index contributed by atoms with van der Waals surface area (Å²) in [7, 11) is 0. The molecule has 0 aliphatic carbocycles. The van der Waals surface area contributed by atoms with Gasteiger partial charge in [0.15, 0.2) is 0 Å². The first-order chi connectivity index (χ1) is 5.24. The van der Waals surface area contributed by atoms with Gasteiger partial charge in [-0.2, -0.15) is 0 Å². The number of aromatic nitrogens is 1. The highest BCUT2D eigenvalue weighted by atomic mass is 19.1. The van der Waals surface area contributed by atoms with Gasteiger partial charge in [-0.05, 0) is 6.07 Å². The fourth-order valence-electron chi connectivity index (χ4n) is 0.816. The fraction of sp³-hybridized carbons (Fsp3) is 0.286. The Balaban J connectivity index is 3.03. The summed E-state index contributed by atoms with van der Waals surface area (Å²) in [4.78, 5) is 10.9. The number of halogens is 1. The minimum atomic E-state index is -0.418. The van der Waals surface area contributed by atoms with Gasteiger partial charge in [-0.1, -0.05) is 0 Å². The average Bonchev–Trinajstić information content (AvgIpc) is 1.98. The van der Waals surface area contributed by atoms with E-state index >= 15 is 0 Å². The summed E-state index contributed by atoms with van der Waals surface area (Å²) in [5, 5.41) is 0. The van der Waals surface area contributed by atoms with E-state index in [0.29, 0.717) is 13.1 Å². The second kappa shape index (κ2) is 3.30. The molecule has 0 aromatic carbocycles. The Morgan fingerprint density at radius 1 is 1.55 bits per heavy atom. The zero-order valence-corrected chi connectivity index (χ0v) is 5.96. The summed E-state index contributed by atoms with van der Waals surface area (Å²) in [6, 6.07) is 2.32. The predicted molar refractivity (Wildman–Crippen MR) is 39.7 cm³/mol. The molecule has 0 bridgehead atoms. The molecule has 0 spiro atoms. The van der Waals surface area contributed by atoms with Crippen molar-refractivity contribution < 1.29 is 4.39 Å². The summed E-state index contributed by atoms with van der Waals surface area (Å²) in [6.07, 6.45) is 1.15. The number of nitrogens with zero attached hydrogens (tertiary/aromatic N) is 1. The van der Waals surface area contributed by atoms with Gasteiger partial charge in [0.2, 0.25) is 0 Å². The van der Waals surface area contributed by atoms with Crippen LogP contribution in [-0.4, -0.2) is 11.1 Å². The lowest BCUT2D eigenvalue weighted by Crippen LogP contribution is -2.22. The molecule has 0 radical (unpaired) electrons. The maximum Gasteiger partial charge on any atom is 0.250 e. The van der Waals surface area contributed by atoms with Crippen molar-refractivity contribution in [1.29, 1.82) is 0 Å². The van der Waals surface area contributed by atoms with Crippen molar-refractivity contribution in [1.82, 2.24) is 4.57 Å².